The van der Waals surface area contributed by atoms with Crippen molar-refractivity contribution in [2.75, 3.05) is 14.2 Å². The zero-order valence-corrected chi connectivity index (χ0v) is 15.4. The predicted octanol–water partition coefficient (Wildman–Crippen LogP) is 4.24. The topological polar surface area (TPSA) is 55.6 Å². The number of nitrogens with zero attached hydrogens (tertiary/aromatic N) is 2. The molecule has 0 N–H and O–H groups in total. The van der Waals surface area contributed by atoms with E-state index in [2.05, 4.69) is 18.1 Å². The lowest BCUT2D eigenvalue weighted by atomic mass is 10.0. The summed E-state index contributed by atoms with van der Waals surface area (Å²) in [6.45, 7) is 4.48. The Labute approximate surface area is 153 Å². The van der Waals surface area contributed by atoms with Crippen molar-refractivity contribution in [1.29, 1.82) is 0 Å². The number of hydrogen-bond donors (Lipinski definition) is 0. The minimum atomic E-state index is -0.0799. The van der Waals surface area contributed by atoms with Crippen molar-refractivity contribution in [2.24, 2.45) is 0 Å². The summed E-state index contributed by atoms with van der Waals surface area (Å²) in [6, 6.07) is 15.1. The molecule has 0 saturated heterocycles. The highest BCUT2D eigenvalue weighted by atomic mass is 16.5. The van der Waals surface area contributed by atoms with E-state index in [1.165, 1.54) is 5.56 Å². The number of aromatic nitrogens is 1. The Balaban J connectivity index is 1.72. The van der Waals surface area contributed by atoms with E-state index in [1.807, 2.05) is 25.1 Å². The van der Waals surface area contributed by atoms with E-state index in [9.17, 15) is 4.79 Å². The van der Waals surface area contributed by atoms with Gasteiger partial charge in [-0.2, -0.15) is 0 Å². The van der Waals surface area contributed by atoms with Crippen LogP contribution in [0.2, 0.25) is 0 Å². The Bertz CT molecular complexity index is 913. The van der Waals surface area contributed by atoms with E-state index in [4.69, 9.17) is 9.26 Å². The van der Waals surface area contributed by atoms with Gasteiger partial charge in [-0.05, 0) is 43.7 Å². The molecule has 5 nitrogen and oxygen atoms in total. The summed E-state index contributed by atoms with van der Waals surface area (Å²) in [5.41, 5.74) is 4.67. The fraction of sp³-hybridized carbons (Fsp3) is 0.238. The summed E-state index contributed by atoms with van der Waals surface area (Å²) in [5, 5.41) is 4.11. The molecule has 3 aromatic rings. The molecule has 0 aliphatic carbocycles. The maximum absolute atomic E-state index is 12.5. The number of amides is 1. The van der Waals surface area contributed by atoms with Gasteiger partial charge in [0.25, 0.3) is 5.91 Å². The molecule has 0 aliphatic rings. The molecule has 0 bridgehead atoms. The van der Waals surface area contributed by atoms with Gasteiger partial charge < -0.3 is 14.2 Å². The molecule has 0 spiro atoms. The molecule has 1 aromatic heterocycles. The Morgan fingerprint density at radius 3 is 2.50 bits per heavy atom. The number of methoxy groups -OCH3 is 1. The van der Waals surface area contributed by atoms with Crippen LogP contribution < -0.4 is 4.74 Å². The Morgan fingerprint density at radius 1 is 1.12 bits per heavy atom. The molecular formula is C21H22N2O3. The zero-order valence-electron chi connectivity index (χ0n) is 15.4. The molecule has 1 amide bonds. The van der Waals surface area contributed by atoms with Gasteiger partial charge in [-0.25, -0.2) is 0 Å². The first kappa shape index (κ1) is 17.7. The Hall–Kier alpha value is -3.08. The minimum Gasteiger partial charge on any atom is -0.497 e. The maximum Gasteiger partial charge on any atom is 0.253 e. The highest BCUT2D eigenvalue weighted by Crippen LogP contribution is 2.25. The zero-order chi connectivity index (χ0) is 18.7. The number of ether oxygens (including phenoxy) is 1. The number of carbonyl (C=O) groups excluding carboxylic acids is 1. The molecule has 3 rings (SSSR count). The highest BCUT2D eigenvalue weighted by Gasteiger charge is 2.15. The van der Waals surface area contributed by atoms with Crippen LogP contribution in [0.15, 0.2) is 53.1 Å². The molecular weight excluding hydrogens is 328 g/mol. The van der Waals surface area contributed by atoms with E-state index in [0.29, 0.717) is 23.6 Å². The van der Waals surface area contributed by atoms with Crippen LogP contribution in [0.1, 0.15) is 27.2 Å². The molecule has 0 fully saturated rings. The first-order chi connectivity index (χ1) is 12.5. The van der Waals surface area contributed by atoms with E-state index in [0.717, 1.165) is 16.9 Å². The van der Waals surface area contributed by atoms with Crippen LogP contribution in [0, 0.1) is 13.8 Å². The van der Waals surface area contributed by atoms with Crippen LogP contribution in [-0.2, 0) is 6.54 Å². The average Bonchev–Trinajstić information content (AvgIpc) is 3.09. The van der Waals surface area contributed by atoms with Crippen LogP contribution in [0.4, 0.5) is 0 Å². The Kier molecular flexibility index (Phi) is 5.07. The third kappa shape index (κ3) is 3.77. The average molecular weight is 350 g/mol. The van der Waals surface area contributed by atoms with Crippen LogP contribution in [0.3, 0.4) is 0 Å². The second-order valence-electron chi connectivity index (χ2n) is 6.39. The summed E-state index contributed by atoms with van der Waals surface area (Å²) >= 11 is 0. The molecule has 26 heavy (non-hydrogen) atoms. The van der Waals surface area contributed by atoms with Gasteiger partial charge in [0.15, 0.2) is 5.76 Å². The standard InChI is InChI=1S/C21H22N2O3/c1-14-5-10-19(15(2)11-14)20-12-17(22-26-20)13-23(3)21(24)16-6-8-18(25-4)9-7-16/h5-12H,13H2,1-4H3. The molecule has 5 heteroatoms. The summed E-state index contributed by atoms with van der Waals surface area (Å²) in [7, 11) is 3.35. The predicted molar refractivity (Wildman–Crippen MR) is 100 cm³/mol. The Morgan fingerprint density at radius 2 is 1.85 bits per heavy atom. The number of rotatable bonds is 5. The minimum absolute atomic E-state index is 0.0799. The van der Waals surface area contributed by atoms with Crippen molar-refractivity contribution in [3.8, 4) is 17.1 Å². The van der Waals surface area contributed by atoms with Crippen molar-refractivity contribution >= 4 is 5.91 Å². The van der Waals surface area contributed by atoms with Gasteiger partial charge in [0, 0.05) is 24.2 Å². The van der Waals surface area contributed by atoms with E-state index in [-0.39, 0.29) is 5.91 Å². The molecule has 134 valence electrons. The van der Waals surface area contributed by atoms with E-state index < -0.39 is 0 Å². The van der Waals surface area contributed by atoms with Gasteiger partial charge in [0.05, 0.1) is 13.7 Å². The quantitative estimate of drug-likeness (QED) is 0.691. The second kappa shape index (κ2) is 7.44. The molecule has 0 radical (unpaired) electrons. The lowest BCUT2D eigenvalue weighted by Gasteiger charge is -2.15. The number of benzene rings is 2. The van der Waals surface area contributed by atoms with Gasteiger partial charge in [0.2, 0.25) is 0 Å². The first-order valence-corrected chi connectivity index (χ1v) is 8.40. The third-order valence-corrected chi connectivity index (χ3v) is 4.29. The van der Waals surface area contributed by atoms with Crippen molar-refractivity contribution in [3.63, 3.8) is 0 Å². The largest absolute Gasteiger partial charge is 0.497 e. The summed E-state index contributed by atoms with van der Waals surface area (Å²) in [4.78, 5) is 14.2. The van der Waals surface area contributed by atoms with E-state index in [1.54, 1.807) is 43.3 Å². The number of hydrogen-bond acceptors (Lipinski definition) is 4. The van der Waals surface area contributed by atoms with Crippen LogP contribution in [0.25, 0.3) is 11.3 Å². The molecule has 0 saturated carbocycles. The van der Waals surface area contributed by atoms with Crippen LogP contribution in [0.5, 0.6) is 5.75 Å². The fourth-order valence-corrected chi connectivity index (χ4v) is 2.87. The van der Waals surface area contributed by atoms with Crippen molar-refractivity contribution in [3.05, 3.63) is 70.9 Å². The lowest BCUT2D eigenvalue weighted by Crippen LogP contribution is -2.26. The fourth-order valence-electron chi connectivity index (χ4n) is 2.87. The van der Waals surface area contributed by atoms with Crippen LogP contribution >= 0.6 is 0 Å². The SMILES string of the molecule is COc1ccc(C(=O)N(C)Cc2cc(-c3ccc(C)cc3C)on2)cc1. The third-order valence-electron chi connectivity index (χ3n) is 4.29. The normalized spacial score (nSPS) is 10.6. The van der Waals surface area contributed by atoms with Gasteiger partial charge in [0.1, 0.15) is 11.4 Å². The van der Waals surface area contributed by atoms with Gasteiger partial charge in [-0.15, -0.1) is 0 Å². The summed E-state index contributed by atoms with van der Waals surface area (Å²) < 4.78 is 10.6. The van der Waals surface area contributed by atoms with Crippen molar-refractivity contribution < 1.29 is 14.1 Å². The maximum atomic E-state index is 12.5. The van der Waals surface area contributed by atoms with E-state index >= 15 is 0 Å². The lowest BCUT2D eigenvalue weighted by molar-refractivity contribution is 0.0782. The van der Waals surface area contributed by atoms with Gasteiger partial charge >= 0.3 is 0 Å². The molecule has 0 aliphatic heterocycles. The number of aryl methyl sites for hydroxylation is 2. The van der Waals surface area contributed by atoms with Crippen molar-refractivity contribution in [2.45, 2.75) is 20.4 Å². The highest BCUT2D eigenvalue weighted by molar-refractivity contribution is 5.94. The monoisotopic (exact) mass is 350 g/mol. The van der Waals surface area contributed by atoms with Crippen LogP contribution in [-0.4, -0.2) is 30.1 Å². The van der Waals surface area contributed by atoms with Gasteiger partial charge in [-0.1, -0.05) is 28.9 Å². The molecule has 1 heterocycles. The van der Waals surface area contributed by atoms with Crippen molar-refractivity contribution in [1.82, 2.24) is 10.1 Å². The second-order valence-corrected chi connectivity index (χ2v) is 6.39. The summed E-state index contributed by atoms with van der Waals surface area (Å²) in [5.74, 6) is 1.35. The molecule has 2 aromatic carbocycles. The number of carbonyl (C=O) groups is 1. The van der Waals surface area contributed by atoms with Gasteiger partial charge in [-0.3, -0.25) is 4.79 Å². The first-order valence-electron chi connectivity index (χ1n) is 8.40. The molecule has 0 unspecified atom stereocenters. The smallest absolute Gasteiger partial charge is 0.253 e. The summed E-state index contributed by atoms with van der Waals surface area (Å²) in [6.07, 6.45) is 0. The molecule has 0 atom stereocenters.